The zero-order valence-electron chi connectivity index (χ0n) is 12.5. The van der Waals surface area contributed by atoms with E-state index < -0.39 is 0 Å². The molecule has 1 fully saturated rings. The summed E-state index contributed by atoms with van der Waals surface area (Å²) in [7, 11) is 0. The van der Waals surface area contributed by atoms with Crippen LogP contribution in [0.1, 0.15) is 30.3 Å². The molecule has 2 heterocycles. The first kappa shape index (κ1) is 16.5. The Balaban J connectivity index is 0.00000176. The number of para-hydroxylation sites is 1. The first-order valence-electron chi connectivity index (χ1n) is 7.38. The van der Waals surface area contributed by atoms with Gasteiger partial charge < -0.3 is 10.6 Å². The molecule has 1 aliphatic rings. The van der Waals surface area contributed by atoms with Crippen molar-refractivity contribution in [3.63, 3.8) is 0 Å². The second kappa shape index (κ2) is 7.42. The fourth-order valence-corrected chi connectivity index (χ4v) is 2.69. The Morgan fingerprint density at radius 1 is 1.32 bits per heavy atom. The molecule has 0 saturated carbocycles. The molecule has 0 aliphatic carbocycles. The van der Waals surface area contributed by atoms with Crippen LogP contribution in [0.3, 0.4) is 0 Å². The number of amides is 1. The number of aromatic nitrogens is 2. The molecule has 118 valence electrons. The van der Waals surface area contributed by atoms with Crippen molar-refractivity contribution in [2.24, 2.45) is 0 Å². The van der Waals surface area contributed by atoms with Crippen molar-refractivity contribution in [3.05, 3.63) is 48.3 Å². The molecule has 3 rings (SSSR count). The molecular weight excluding hydrogens is 300 g/mol. The lowest BCUT2D eigenvalue weighted by atomic mass is 10.0. The lowest BCUT2D eigenvalue weighted by Crippen LogP contribution is -2.46. The van der Waals surface area contributed by atoms with Gasteiger partial charge in [-0.2, -0.15) is 5.10 Å². The van der Waals surface area contributed by atoms with Gasteiger partial charge in [-0.15, -0.1) is 12.4 Å². The summed E-state index contributed by atoms with van der Waals surface area (Å²) in [6.07, 6.45) is 3.75. The minimum atomic E-state index is -0.0937. The second-order valence-corrected chi connectivity index (χ2v) is 5.53. The minimum absolute atomic E-state index is 0. The van der Waals surface area contributed by atoms with E-state index in [2.05, 4.69) is 22.7 Å². The highest BCUT2D eigenvalue weighted by Gasteiger charge is 2.21. The summed E-state index contributed by atoms with van der Waals surface area (Å²) in [6.45, 7) is 3.09. The third-order valence-electron chi connectivity index (χ3n) is 3.80. The van der Waals surface area contributed by atoms with Crippen LogP contribution in [0.2, 0.25) is 0 Å². The third-order valence-corrected chi connectivity index (χ3v) is 3.80. The number of halogens is 1. The van der Waals surface area contributed by atoms with Crippen LogP contribution in [-0.4, -0.2) is 34.3 Å². The largest absolute Gasteiger partial charge is 0.348 e. The summed E-state index contributed by atoms with van der Waals surface area (Å²) in [5.74, 6) is -0.0937. The second-order valence-electron chi connectivity index (χ2n) is 5.53. The van der Waals surface area contributed by atoms with Gasteiger partial charge in [-0.3, -0.25) is 4.79 Å². The molecule has 1 aliphatic heterocycles. The van der Waals surface area contributed by atoms with Gasteiger partial charge in [0.25, 0.3) is 5.91 Å². The number of nitrogens with one attached hydrogen (secondary N) is 2. The smallest absolute Gasteiger partial charge is 0.272 e. The average Bonchev–Trinajstić information content (AvgIpc) is 2.98. The molecule has 1 saturated heterocycles. The monoisotopic (exact) mass is 320 g/mol. The summed E-state index contributed by atoms with van der Waals surface area (Å²) < 4.78 is 1.72. The van der Waals surface area contributed by atoms with Crippen LogP contribution < -0.4 is 10.6 Å². The Morgan fingerprint density at radius 2 is 2.09 bits per heavy atom. The molecule has 5 nitrogen and oxygen atoms in total. The molecule has 1 amide bonds. The van der Waals surface area contributed by atoms with Crippen molar-refractivity contribution < 1.29 is 4.79 Å². The van der Waals surface area contributed by atoms with E-state index in [1.807, 2.05) is 36.5 Å². The van der Waals surface area contributed by atoms with Crippen LogP contribution in [-0.2, 0) is 0 Å². The van der Waals surface area contributed by atoms with Crippen molar-refractivity contribution in [2.45, 2.75) is 31.8 Å². The average molecular weight is 321 g/mol. The Kier molecular flexibility index (Phi) is 5.57. The number of benzene rings is 1. The van der Waals surface area contributed by atoms with Crippen LogP contribution >= 0.6 is 12.4 Å². The van der Waals surface area contributed by atoms with Crippen LogP contribution in [0, 0.1) is 0 Å². The maximum Gasteiger partial charge on any atom is 0.272 e. The molecule has 6 heteroatoms. The predicted molar refractivity (Wildman–Crippen MR) is 88.8 cm³/mol. The van der Waals surface area contributed by atoms with Gasteiger partial charge in [-0.25, -0.2) is 4.68 Å². The van der Waals surface area contributed by atoms with E-state index >= 15 is 0 Å². The standard InChI is InChI=1S/C16H20N4O.ClH/c1-12-11-13(7-9-17-12)18-16(21)15-8-10-20(19-15)14-5-3-2-4-6-14;/h2-6,8,10,12-13,17H,7,9,11H2,1H3,(H,18,21);1H. The van der Waals surface area contributed by atoms with E-state index in [4.69, 9.17) is 0 Å². The molecule has 1 aromatic heterocycles. The summed E-state index contributed by atoms with van der Waals surface area (Å²) in [5.41, 5.74) is 1.41. The van der Waals surface area contributed by atoms with Crippen molar-refractivity contribution in [1.29, 1.82) is 0 Å². The number of carbonyl (C=O) groups is 1. The Labute approximate surface area is 136 Å². The number of hydrogen-bond acceptors (Lipinski definition) is 3. The van der Waals surface area contributed by atoms with E-state index in [-0.39, 0.29) is 24.4 Å². The SMILES string of the molecule is CC1CC(NC(=O)c2ccn(-c3ccccc3)n2)CCN1.Cl. The highest BCUT2D eigenvalue weighted by Crippen LogP contribution is 2.10. The summed E-state index contributed by atoms with van der Waals surface area (Å²) >= 11 is 0. The van der Waals surface area contributed by atoms with Gasteiger partial charge in [0.2, 0.25) is 0 Å². The maximum atomic E-state index is 12.3. The number of carbonyl (C=O) groups excluding carboxylic acids is 1. The quantitative estimate of drug-likeness (QED) is 0.911. The van der Waals surface area contributed by atoms with Crippen LogP contribution in [0.5, 0.6) is 0 Å². The fraction of sp³-hybridized carbons (Fsp3) is 0.375. The first-order chi connectivity index (χ1) is 10.2. The highest BCUT2D eigenvalue weighted by atomic mass is 35.5. The molecule has 2 unspecified atom stereocenters. The van der Waals surface area contributed by atoms with Gasteiger partial charge in [-0.05, 0) is 44.5 Å². The van der Waals surface area contributed by atoms with Gasteiger partial charge >= 0.3 is 0 Å². The van der Waals surface area contributed by atoms with Gasteiger partial charge in [0.1, 0.15) is 0 Å². The molecule has 2 aromatic rings. The lowest BCUT2D eigenvalue weighted by Gasteiger charge is -2.28. The fourth-order valence-electron chi connectivity index (χ4n) is 2.69. The van der Waals surface area contributed by atoms with Crippen LogP contribution in [0.15, 0.2) is 42.6 Å². The number of piperidine rings is 1. The minimum Gasteiger partial charge on any atom is -0.348 e. The first-order valence-corrected chi connectivity index (χ1v) is 7.38. The topological polar surface area (TPSA) is 59.0 Å². The van der Waals surface area contributed by atoms with Crippen molar-refractivity contribution >= 4 is 18.3 Å². The predicted octanol–water partition coefficient (Wildman–Crippen LogP) is 2.16. The zero-order valence-corrected chi connectivity index (χ0v) is 13.3. The molecule has 22 heavy (non-hydrogen) atoms. The Hall–Kier alpha value is -1.85. The molecule has 0 radical (unpaired) electrons. The summed E-state index contributed by atoms with van der Waals surface area (Å²) in [5, 5.41) is 10.8. The van der Waals surface area contributed by atoms with Crippen molar-refractivity contribution in [3.8, 4) is 5.69 Å². The summed E-state index contributed by atoms with van der Waals surface area (Å²) in [6, 6.07) is 12.2. The Morgan fingerprint density at radius 3 is 2.82 bits per heavy atom. The highest BCUT2D eigenvalue weighted by molar-refractivity contribution is 5.92. The van der Waals surface area contributed by atoms with Crippen LogP contribution in [0.25, 0.3) is 5.69 Å². The van der Waals surface area contributed by atoms with Gasteiger partial charge in [-0.1, -0.05) is 18.2 Å². The van der Waals surface area contributed by atoms with E-state index in [1.54, 1.807) is 10.7 Å². The van der Waals surface area contributed by atoms with Crippen molar-refractivity contribution in [2.75, 3.05) is 6.54 Å². The molecule has 0 bridgehead atoms. The summed E-state index contributed by atoms with van der Waals surface area (Å²) in [4.78, 5) is 12.3. The normalized spacial score (nSPS) is 21.0. The number of hydrogen-bond donors (Lipinski definition) is 2. The van der Waals surface area contributed by atoms with Gasteiger partial charge in [0, 0.05) is 18.3 Å². The molecule has 2 N–H and O–H groups in total. The van der Waals surface area contributed by atoms with Gasteiger partial charge in [0.15, 0.2) is 5.69 Å². The van der Waals surface area contributed by atoms with E-state index in [0.717, 1.165) is 25.1 Å². The maximum absolute atomic E-state index is 12.3. The van der Waals surface area contributed by atoms with E-state index in [1.165, 1.54) is 0 Å². The number of rotatable bonds is 3. The zero-order chi connectivity index (χ0) is 14.7. The van der Waals surface area contributed by atoms with Crippen LogP contribution in [0.4, 0.5) is 0 Å². The molecular formula is C16H21ClN4O. The van der Waals surface area contributed by atoms with E-state index in [9.17, 15) is 4.79 Å². The van der Waals surface area contributed by atoms with E-state index in [0.29, 0.717) is 11.7 Å². The Bertz CT molecular complexity index is 614. The number of nitrogens with zero attached hydrogens (tertiary/aromatic N) is 2. The third kappa shape index (κ3) is 3.87. The lowest BCUT2D eigenvalue weighted by molar-refractivity contribution is 0.0920. The van der Waals surface area contributed by atoms with Crippen molar-refractivity contribution in [1.82, 2.24) is 20.4 Å². The molecule has 2 atom stereocenters. The molecule has 0 spiro atoms. The molecule has 1 aromatic carbocycles. The van der Waals surface area contributed by atoms with Gasteiger partial charge in [0.05, 0.1) is 5.69 Å².